The normalized spacial score (nSPS) is 11.2. The lowest BCUT2D eigenvalue weighted by molar-refractivity contribution is -0.138. The van der Waals surface area contributed by atoms with Crippen molar-refractivity contribution in [3.05, 3.63) is 88.2 Å². The first kappa shape index (κ1) is 21.9. The number of pyridine rings is 1. The van der Waals surface area contributed by atoms with Crippen LogP contribution in [0.3, 0.4) is 0 Å². The lowest BCUT2D eigenvalue weighted by atomic mass is 10.1. The van der Waals surface area contributed by atoms with Gasteiger partial charge in [-0.15, -0.1) is 0 Å². The monoisotopic (exact) mass is 433 g/mol. The van der Waals surface area contributed by atoms with E-state index < -0.39 is 35.7 Å². The number of carbonyl (C=O) groups excluding carboxylic acids is 2. The molecular weight excluding hydrogens is 415 g/mol. The van der Waals surface area contributed by atoms with Gasteiger partial charge in [-0.3, -0.25) is 14.4 Å². The SMILES string of the molecule is CN(C(=O)Cn1cc(C(F)(F)F)ccc1=O)c1ccccc1C(=O)NCc1ccco1. The number of hydrogen-bond donors (Lipinski definition) is 1. The number of hydrogen-bond acceptors (Lipinski definition) is 4. The minimum atomic E-state index is -4.65. The highest BCUT2D eigenvalue weighted by Crippen LogP contribution is 2.28. The van der Waals surface area contributed by atoms with Gasteiger partial charge in [-0.2, -0.15) is 13.2 Å². The standard InChI is InChI=1S/C21H18F3N3O4/c1-26(19(29)13-27-12-14(21(22,23)24)8-9-18(27)28)17-7-3-2-6-16(17)20(30)25-11-15-5-4-10-31-15/h2-10,12H,11,13H2,1H3,(H,25,30). The second-order valence-corrected chi connectivity index (χ2v) is 6.61. The number of benzene rings is 1. The lowest BCUT2D eigenvalue weighted by Gasteiger charge is -2.21. The number of carbonyl (C=O) groups is 2. The molecule has 0 unspecified atom stereocenters. The van der Waals surface area contributed by atoms with E-state index in [-0.39, 0.29) is 17.8 Å². The molecule has 1 aromatic carbocycles. The zero-order valence-corrected chi connectivity index (χ0v) is 16.3. The smallest absolute Gasteiger partial charge is 0.417 e. The molecule has 1 N–H and O–H groups in total. The molecule has 162 valence electrons. The molecule has 0 aliphatic heterocycles. The first-order chi connectivity index (χ1) is 14.7. The van der Waals surface area contributed by atoms with E-state index in [1.807, 2.05) is 0 Å². The second-order valence-electron chi connectivity index (χ2n) is 6.61. The number of rotatable bonds is 6. The van der Waals surface area contributed by atoms with Crippen molar-refractivity contribution in [1.29, 1.82) is 0 Å². The summed E-state index contributed by atoms with van der Waals surface area (Å²) >= 11 is 0. The molecule has 0 aliphatic rings. The van der Waals surface area contributed by atoms with Crippen molar-refractivity contribution in [2.24, 2.45) is 0 Å². The first-order valence-corrected chi connectivity index (χ1v) is 9.10. The Bertz CT molecular complexity index is 1140. The Morgan fingerprint density at radius 2 is 1.84 bits per heavy atom. The summed E-state index contributed by atoms with van der Waals surface area (Å²) in [5.41, 5.74) is -1.37. The number of furan rings is 1. The van der Waals surface area contributed by atoms with E-state index in [4.69, 9.17) is 4.42 Å². The Kier molecular flexibility index (Phi) is 6.28. The highest BCUT2D eigenvalue weighted by molar-refractivity contribution is 6.04. The fourth-order valence-corrected chi connectivity index (χ4v) is 2.84. The number of alkyl halides is 3. The van der Waals surface area contributed by atoms with Gasteiger partial charge in [0.25, 0.3) is 11.5 Å². The molecule has 0 spiro atoms. The predicted molar refractivity (Wildman–Crippen MR) is 105 cm³/mol. The van der Waals surface area contributed by atoms with Crippen LogP contribution in [0.5, 0.6) is 0 Å². The van der Waals surface area contributed by atoms with Crippen LogP contribution in [0, 0.1) is 0 Å². The number of para-hydroxylation sites is 1. The van der Waals surface area contributed by atoms with Gasteiger partial charge in [0, 0.05) is 19.3 Å². The van der Waals surface area contributed by atoms with Crippen molar-refractivity contribution >= 4 is 17.5 Å². The van der Waals surface area contributed by atoms with Crippen molar-refractivity contribution in [2.75, 3.05) is 11.9 Å². The summed E-state index contributed by atoms with van der Waals surface area (Å²) in [6, 6.07) is 11.0. The van der Waals surface area contributed by atoms with Gasteiger partial charge in [-0.05, 0) is 30.3 Å². The largest absolute Gasteiger partial charge is 0.467 e. The van der Waals surface area contributed by atoms with Gasteiger partial charge in [-0.1, -0.05) is 12.1 Å². The molecule has 0 saturated carbocycles. The number of aromatic nitrogens is 1. The van der Waals surface area contributed by atoms with Crippen LogP contribution in [-0.2, 0) is 24.1 Å². The molecule has 10 heteroatoms. The van der Waals surface area contributed by atoms with Crippen LogP contribution in [0.1, 0.15) is 21.7 Å². The zero-order chi connectivity index (χ0) is 22.6. The van der Waals surface area contributed by atoms with Gasteiger partial charge >= 0.3 is 6.18 Å². The van der Waals surface area contributed by atoms with Crippen molar-refractivity contribution in [2.45, 2.75) is 19.3 Å². The summed E-state index contributed by atoms with van der Waals surface area (Å²) in [5, 5.41) is 2.67. The van der Waals surface area contributed by atoms with Crippen molar-refractivity contribution in [3.8, 4) is 0 Å². The summed E-state index contributed by atoms with van der Waals surface area (Å²) < 4.78 is 44.6. The predicted octanol–water partition coefficient (Wildman–Crippen LogP) is 3.05. The van der Waals surface area contributed by atoms with E-state index in [0.29, 0.717) is 22.6 Å². The molecule has 0 bridgehead atoms. The number of anilines is 1. The van der Waals surface area contributed by atoms with Gasteiger partial charge in [-0.25, -0.2) is 0 Å². The molecule has 0 aliphatic carbocycles. The molecule has 0 radical (unpaired) electrons. The molecule has 7 nitrogen and oxygen atoms in total. The van der Waals surface area contributed by atoms with Gasteiger partial charge in [0.05, 0.1) is 29.6 Å². The van der Waals surface area contributed by atoms with Crippen LogP contribution in [0.15, 0.2) is 70.2 Å². The van der Waals surface area contributed by atoms with Crippen LogP contribution < -0.4 is 15.8 Å². The molecular formula is C21H18F3N3O4. The maximum Gasteiger partial charge on any atom is 0.417 e. The molecule has 3 aromatic rings. The molecule has 2 aromatic heterocycles. The molecule has 2 heterocycles. The highest BCUT2D eigenvalue weighted by atomic mass is 19.4. The van der Waals surface area contributed by atoms with Gasteiger partial charge in [0.2, 0.25) is 5.91 Å². The minimum Gasteiger partial charge on any atom is -0.467 e. The van der Waals surface area contributed by atoms with E-state index in [2.05, 4.69) is 5.32 Å². The Hall–Kier alpha value is -3.82. The Morgan fingerprint density at radius 1 is 1.10 bits per heavy atom. The summed E-state index contributed by atoms with van der Waals surface area (Å²) in [5.74, 6) is -0.602. The Balaban J connectivity index is 1.79. The number of nitrogens with one attached hydrogen (secondary N) is 1. The number of nitrogens with zero attached hydrogens (tertiary/aromatic N) is 2. The fourth-order valence-electron chi connectivity index (χ4n) is 2.84. The maximum atomic E-state index is 12.9. The number of likely N-dealkylation sites (N-methyl/N-ethyl adjacent to an activating group) is 1. The van der Waals surface area contributed by atoms with Crippen molar-refractivity contribution in [3.63, 3.8) is 0 Å². The zero-order valence-electron chi connectivity index (χ0n) is 16.3. The molecule has 3 rings (SSSR count). The van der Waals surface area contributed by atoms with Gasteiger partial charge < -0.3 is 19.2 Å². The summed E-state index contributed by atoms with van der Waals surface area (Å²) in [4.78, 5) is 38.3. The first-order valence-electron chi connectivity index (χ1n) is 9.10. The summed E-state index contributed by atoms with van der Waals surface area (Å²) in [6.45, 7) is -0.487. The summed E-state index contributed by atoms with van der Waals surface area (Å²) in [6.07, 6.45) is -2.59. The van der Waals surface area contributed by atoms with E-state index in [1.54, 1.807) is 24.3 Å². The maximum absolute atomic E-state index is 12.9. The lowest BCUT2D eigenvalue weighted by Crippen LogP contribution is -2.35. The van der Waals surface area contributed by atoms with Crippen molar-refractivity contribution < 1.29 is 27.2 Å². The van der Waals surface area contributed by atoms with Crippen LogP contribution in [0.4, 0.5) is 18.9 Å². The Labute approximate surface area is 174 Å². The minimum absolute atomic E-state index is 0.136. The van der Waals surface area contributed by atoms with E-state index in [0.717, 1.165) is 11.0 Å². The number of amides is 2. The quantitative estimate of drug-likeness (QED) is 0.648. The molecule has 2 amide bonds. The highest BCUT2D eigenvalue weighted by Gasteiger charge is 2.31. The van der Waals surface area contributed by atoms with Crippen LogP contribution in [0.25, 0.3) is 0 Å². The molecule has 31 heavy (non-hydrogen) atoms. The summed E-state index contributed by atoms with van der Waals surface area (Å²) in [7, 11) is 1.37. The Morgan fingerprint density at radius 3 is 2.52 bits per heavy atom. The van der Waals surface area contributed by atoms with Gasteiger partial charge in [0.15, 0.2) is 0 Å². The number of halogens is 3. The van der Waals surface area contributed by atoms with E-state index >= 15 is 0 Å². The van der Waals surface area contributed by atoms with Crippen LogP contribution >= 0.6 is 0 Å². The molecule has 0 fully saturated rings. The topological polar surface area (TPSA) is 84.5 Å². The van der Waals surface area contributed by atoms with E-state index in [9.17, 15) is 27.6 Å². The second kappa shape index (κ2) is 8.90. The van der Waals surface area contributed by atoms with Crippen LogP contribution in [0.2, 0.25) is 0 Å². The fraction of sp³-hybridized carbons (Fsp3) is 0.190. The average molecular weight is 433 g/mol. The third-order valence-corrected chi connectivity index (χ3v) is 4.50. The molecule has 0 atom stereocenters. The van der Waals surface area contributed by atoms with Crippen LogP contribution in [-0.4, -0.2) is 23.4 Å². The average Bonchev–Trinajstić information content (AvgIpc) is 3.26. The molecule has 0 saturated heterocycles. The third kappa shape index (κ3) is 5.21. The third-order valence-electron chi connectivity index (χ3n) is 4.50. The van der Waals surface area contributed by atoms with E-state index in [1.165, 1.54) is 25.4 Å². The van der Waals surface area contributed by atoms with Gasteiger partial charge in [0.1, 0.15) is 12.3 Å². The van der Waals surface area contributed by atoms with Crippen molar-refractivity contribution in [1.82, 2.24) is 9.88 Å².